The molecule has 0 atom stereocenters. The molecule has 1 saturated heterocycles. The zero-order valence-electron chi connectivity index (χ0n) is 16.4. The van der Waals surface area contributed by atoms with E-state index in [-0.39, 0.29) is 5.91 Å². The number of hydrogen-bond donors (Lipinski definition) is 1. The van der Waals surface area contributed by atoms with Crippen LogP contribution in [-0.2, 0) is 6.54 Å². The number of rotatable bonds is 5. The van der Waals surface area contributed by atoms with Crippen molar-refractivity contribution in [3.63, 3.8) is 0 Å². The van der Waals surface area contributed by atoms with Crippen molar-refractivity contribution in [1.82, 2.24) is 20.0 Å². The number of aryl methyl sites for hydroxylation is 1. The van der Waals surface area contributed by atoms with Crippen molar-refractivity contribution >= 4 is 17.5 Å². The van der Waals surface area contributed by atoms with Crippen molar-refractivity contribution in [3.05, 3.63) is 58.4 Å². The van der Waals surface area contributed by atoms with Gasteiger partial charge in [0.25, 0.3) is 5.91 Å². The Morgan fingerprint density at radius 2 is 2.00 bits per heavy atom. The van der Waals surface area contributed by atoms with Crippen LogP contribution in [0.3, 0.4) is 0 Å². The van der Waals surface area contributed by atoms with Gasteiger partial charge in [-0.1, -0.05) is 11.6 Å². The molecule has 3 aromatic rings. The van der Waals surface area contributed by atoms with Gasteiger partial charge in [0.2, 0.25) is 0 Å². The standard InChI is InChI=1S/C21H23ClN4O3/c1-14-3-5-20(29-14)17-12-18(24-23-17)21(27)26-9-7-25(8-10-26)13-15-11-16(22)4-6-19(15)28-2/h3-6,11-12H,7-10,13H2,1-2H3,(H,23,24). The minimum absolute atomic E-state index is 0.0734. The molecule has 7 nitrogen and oxygen atoms in total. The highest BCUT2D eigenvalue weighted by molar-refractivity contribution is 6.30. The van der Waals surface area contributed by atoms with E-state index in [4.69, 9.17) is 20.8 Å². The molecule has 3 heterocycles. The van der Waals surface area contributed by atoms with Gasteiger partial charge < -0.3 is 14.1 Å². The molecule has 1 aliphatic rings. The number of aromatic nitrogens is 2. The topological polar surface area (TPSA) is 74.6 Å². The summed E-state index contributed by atoms with van der Waals surface area (Å²) in [4.78, 5) is 16.9. The Balaban J connectivity index is 1.37. The Morgan fingerprint density at radius 3 is 2.69 bits per heavy atom. The van der Waals surface area contributed by atoms with E-state index in [1.807, 2.05) is 42.2 Å². The summed E-state index contributed by atoms with van der Waals surface area (Å²) in [5, 5.41) is 7.75. The number of furan rings is 1. The number of carbonyl (C=O) groups excluding carboxylic acids is 1. The van der Waals surface area contributed by atoms with E-state index < -0.39 is 0 Å². The fraction of sp³-hybridized carbons (Fsp3) is 0.333. The second-order valence-corrected chi connectivity index (χ2v) is 7.54. The molecule has 0 aliphatic carbocycles. The summed E-state index contributed by atoms with van der Waals surface area (Å²) in [5.41, 5.74) is 2.15. The molecular weight excluding hydrogens is 392 g/mol. The number of benzene rings is 1. The minimum Gasteiger partial charge on any atom is -0.496 e. The van der Waals surface area contributed by atoms with Crippen LogP contribution in [-0.4, -0.2) is 59.2 Å². The Hall–Kier alpha value is -2.77. The number of piperazine rings is 1. The molecule has 8 heteroatoms. The second-order valence-electron chi connectivity index (χ2n) is 7.10. The van der Waals surface area contributed by atoms with Gasteiger partial charge in [-0.3, -0.25) is 14.8 Å². The molecule has 1 aliphatic heterocycles. The number of aromatic amines is 1. The van der Waals surface area contributed by atoms with E-state index in [0.29, 0.717) is 35.3 Å². The highest BCUT2D eigenvalue weighted by atomic mass is 35.5. The molecule has 1 aromatic carbocycles. The second kappa shape index (κ2) is 8.31. The van der Waals surface area contributed by atoms with Crippen LogP contribution in [0.15, 0.2) is 40.8 Å². The first-order valence-electron chi connectivity index (χ1n) is 9.50. The molecule has 0 radical (unpaired) electrons. The Bertz CT molecular complexity index is 1010. The quantitative estimate of drug-likeness (QED) is 0.690. The van der Waals surface area contributed by atoms with Crippen molar-refractivity contribution in [3.8, 4) is 17.2 Å². The van der Waals surface area contributed by atoms with Crippen LogP contribution in [0.25, 0.3) is 11.5 Å². The first-order chi connectivity index (χ1) is 14.0. The number of ether oxygens (including phenoxy) is 1. The Morgan fingerprint density at radius 1 is 1.21 bits per heavy atom. The minimum atomic E-state index is -0.0734. The van der Waals surface area contributed by atoms with E-state index in [9.17, 15) is 4.79 Å². The third-order valence-corrected chi connectivity index (χ3v) is 5.33. The molecule has 4 rings (SSSR count). The van der Waals surface area contributed by atoms with Crippen LogP contribution in [0, 0.1) is 6.92 Å². The van der Waals surface area contributed by atoms with Crippen molar-refractivity contribution in [1.29, 1.82) is 0 Å². The maximum absolute atomic E-state index is 12.8. The lowest BCUT2D eigenvalue weighted by Gasteiger charge is -2.34. The van der Waals surface area contributed by atoms with Gasteiger partial charge in [-0.2, -0.15) is 5.10 Å². The van der Waals surface area contributed by atoms with E-state index in [0.717, 1.165) is 36.7 Å². The lowest BCUT2D eigenvalue weighted by atomic mass is 10.1. The molecule has 1 N–H and O–H groups in total. The van der Waals surface area contributed by atoms with E-state index in [2.05, 4.69) is 15.1 Å². The van der Waals surface area contributed by atoms with Crippen LogP contribution in [0.5, 0.6) is 5.75 Å². The van der Waals surface area contributed by atoms with E-state index in [1.165, 1.54) is 0 Å². The van der Waals surface area contributed by atoms with Gasteiger partial charge in [-0.05, 0) is 37.3 Å². The summed E-state index contributed by atoms with van der Waals surface area (Å²) in [6, 6.07) is 11.1. The lowest BCUT2D eigenvalue weighted by Crippen LogP contribution is -2.48. The molecule has 0 unspecified atom stereocenters. The number of nitrogens with zero attached hydrogens (tertiary/aromatic N) is 3. The molecule has 0 saturated carbocycles. The zero-order chi connectivity index (χ0) is 20.4. The molecule has 0 bridgehead atoms. The fourth-order valence-electron chi connectivity index (χ4n) is 3.52. The maximum atomic E-state index is 12.8. The largest absolute Gasteiger partial charge is 0.496 e. The highest BCUT2D eigenvalue weighted by Crippen LogP contribution is 2.25. The third-order valence-electron chi connectivity index (χ3n) is 5.10. The van der Waals surface area contributed by atoms with E-state index in [1.54, 1.807) is 13.2 Å². The average Bonchev–Trinajstić information content (AvgIpc) is 3.37. The van der Waals surface area contributed by atoms with Crippen LogP contribution in [0.4, 0.5) is 0 Å². The maximum Gasteiger partial charge on any atom is 0.274 e. The molecule has 2 aromatic heterocycles. The van der Waals surface area contributed by atoms with Crippen LogP contribution in [0.1, 0.15) is 21.8 Å². The first-order valence-corrected chi connectivity index (χ1v) is 9.87. The number of methoxy groups -OCH3 is 1. The Labute approximate surface area is 174 Å². The molecule has 29 heavy (non-hydrogen) atoms. The number of hydrogen-bond acceptors (Lipinski definition) is 5. The predicted octanol–water partition coefficient (Wildman–Crippen LogP) is 3.60. The summed E-state index contributed by atoms with van der Waals surface area (Å²) >= 11 is 6.13. The fourth-order valence-corrected chi connectivity index (χ4v) is 3.71. The number of nitrogens with one attached hydrogen (secondary N) is 1. The number of carbonyl (C=O) groups is 1. The summed E-state index contributed by atoms with van der Waals surface area (Å²) in [6.45, 7) is 5.44. The normalized spacial score (nSPS) is 14.9. The molecule has 1 amide bonds. The monoisotopic (exact) mass is 414 g/mol. The van der Waals surface area contributed by atoms with Gasteiger partial charge >= 0.3 is 0 Å². The lowest BCUT2D eigenvalue weighted by molar-refractivity contribution is 0.0621. The van der Waals surface area contributed by atoms with Gasteiger partial charge in [0, 0.05) is 49.4 Å². The Kier molecular flexibility index (Phi) is 5.60. The SMILES string of the molecule is COc1ccc(Cl)cc1CN1CCN(C(=O)c2cc(-c3ccc(C)o3)[nH]n2)CC1. The third kappa shape index (κ3) is 4.31. The van der Waals surface area contributed by atoms with Gasteiger partial charge in [-0.15, -0.1) is 0 Å². The summed E-state index contributed by atoms with van der Waals surface area (Å²) in [7, 11) is 1.66. The summed E-state index contributed by atoms with van der Waals surface area (Å²) in [5.74, 6) is 2.24. The predicted molar refractivity (Wildman–Crippen MR) is 110 cm³/mol. The van der Waals surface area contributed by atoms with Gasteiger partial charge in [0.05, 0.1) is 7.11 Å². The van der Waals surface area contributed by atoms with Crippen molar-refractivity contribution in [2.75, 3.05) is 33.3 Å². The van der Waals surface area contributed by atoms with Crippen molar-refractivity contribution in [2.24, 2.45) is 0 Å². The summed E-state index contributed by atoms with van der Waals surface area (Å²) in [6.07, 6.45) is 0. The van der Waals surface area contributed by atoms with Crippen molar-refractivity contribution in [2.45, 2.75) is 13.5 Å². The van der Waals surface area contributed by atoms with Gasteiger partial charge in [0.1, 0.15) is 17.2 Å². The van der Waals surface area contributed by atoms with Gasteiger partial charge in [0.15, 0.2) is 11.5 Å². The number of amides is 1. The molecule has 0 spiro atoms. The average molecular weight is 415 g/mol. The highest BCUT2D eigenvalue weighted by Gasteiger charge is 2.25. The van der Waals surface area contributed by atoms with E-state index >= 15 is 0 Å². The first kappa shape index (κ1) is 19.5. The van der Waals surface area contributed by atoms with Crippen LogP contribution < -0.4 is 4.74 Å². The smallest absolute Gasteiger partial charge is 0.274 e. The zero-order valence-corrected chi connectivity index (χ0v) is 17.2. The summed E-state index contributed by atoms with van der Waals surface area (Å²) < 4.78 is 11.0. The molecular formula is C21H23ClN4O3. The van der Waals surface area contributed by atoms with Crippen LogP contribution >= 0.6 is 11.6 Å². The van der Waals surface area contributed by atoms with Crippen LogP contribution in [0.2, 0.25) is 5.02 Å². The molecule has 152 valence electrons. The number of H-pyrrole nitrogens is 1. The molecule has 1 fully saturated rings. The van der Waals surface area contributed by atoms with Gasteiger partial charge in [-0.25, -0.2) is 0 Å². The number of halogens is 1. The van der Waals surface area contributed by atoms with Crippen molar-refractivity contribution < 1.29 is 13.9 Å².